The van der Waals surface area contributed by atoms with Gasteiger partial charge in [-0.05, 0) is 36.0 Å². The lowest BCUT2D eigenvalue weighted by Gasteiger charge is -2.26. The lowest BCUT2D eigenvalue weighted by atomic mass is 10.1. The highest BCUT2D eigenvalue weighted by Gasteiger charge is 2.39. The summed E-state index contributed by atoms with van der Waals surface area (Å²) in [6.07, 6.45) is 6.25. The van der Waals surface area contributed by atoms with Gasteiger partial charge >= 0.3 is 0 Å². The van der Waals surface area contributed by atoms with Crippen LogP contribution >= 0.6 is 0 Å². The lowest BCUT2D eigenvalue weighted by molar-refractivity contribution is -0.117. The molecule has 1 saturated carbocycles. The first-order valence-electron chi connectivity index (χ1n) is 12.3. The molecule has 0 saturated heterocycles. The molecule has 4 aromatic heterocycles. The molecule has 0 bridgehead atoms. The van der Waals surface area contributed by atoms with Crippen LogP contribution in [0.4, 0.5) is 11.6 Å². The minimum absolute atomic E-state index is 0.0209. The number of hydrogen-bond acceptors (Lipinski definition) is 9. The maximum atomic E-state index is 12.4. The minimum atomic E-state index is -0.0209. The summed E-state index contributed by atoms with van der Waals surface area (Å²) in [5.74, 6) is 8.74. The van der Waals surface area contributed by atoms with Gasteiger partial charge in [-0.1, -0.05) is 18.9 Å². The molecule has 0 aromatic carbocycles. The predicted octanol–water partition coefficient (Wildman–Crippen LogP) is 2.06. The van der Waals surface area contributed by atoms with Crippen LogP contribution in [0.2, 0.25) is 0 Å². The summed E-state index contributed by atoms with van der Waals surface area (Å²) in [5.41, 5.74) is 3.05. The number of hydrogen-bond donors (Lipinski definition) is 2. The Bertz CT molecular complexity index is 1530. The van der Waals surface area contributed by atoms with Crippen molar-refractivity contribution in [2.24, 2.45) is 11.8 Å². The van der Waals surface area contributed by atoms with Gasteiger partial charge in [0.05, 0.1) is 12.1 Å². The van der Waals surface area contributed by atoms with Gasteiger partial charge in [0.2, 0.25) is 5.91 Å². The SMILES string of the molecule is CNc1ncc(C#Cc2ccc(CN3CCn4cnnc4C3)cn2)c2cc(NC(=O)[C@H]3C[C@H]3C)nnc12. The number of carbonyl (C=O) groups is 1. The summed E-state index contributed by atoms with van der Waals surface area (Å²) in [5, 5.41) is 23.3. The Kier molecular flexibility index (Phi) is 5.94. The van der Waals surface area contributed by atoms with Gasteiger partial charge in [-0.2, -0.15) is 0 Å². The zero-order valence-electron chi connectivity index (χ0n) is 20.6. The third-order valence-corrected chi connectivity index (χ3v) is 6.84. The van der Waals surface area contributed by atoms with Gasteiger partial charge in [-0.15, -0.1) is 20.4 Å². The molecule has 2 atom stereocenters. The van der Waals surface area contributed by atoms with Crippen molar-refractivity contribution in [2.75, 3.05) is 24.2 Å². The molecular formula is C26H26N10O. The van der Waals surface area contributed by atoms with Gasteiger partial charge in [-0.3, -0.25) is 9.69 Å². The summed E-state index contributed by atoms with van der Waals surface area (Å²) in [6, 6.07) is 5.78. The second kappa shape index (κ2) is 9.55. The van der Waals surface area contributed by atoms with Gasteiger partial charge < -0.3 is 15.2 Å². The summed E-state index contributed by atoms with van der Waals surface area (Å²) in [7, 11) is 1.78. The van der Waals surface area contributed by atoms with Crippen molar-refractivity contribution in [3.8, 4) is 11.8 Å². The van der Waals surface area contributed by atoms with E-state index < -0.39 is 0 Å². The maximum absolute atomic E-state index is 12.4. The molecule has 6 rings (SSSR count). The molecular weight excluding hydrogens is 468 g/mol. The molecule has 4 aromatic rings. The fourth-order valence-corrected chi connectivity index (χ4v) is 4.51. The number of nitrogens with one attached hydrogen (secondary N) is 2. The van der Waals surface area contributed by atoms with Crippen LogP contribution in [0.25, 0.3) is 10.9 Å². The van der Waals surface area contributed by atoms with E-state index in [-0.39, 0.29) is 11.8 Å². The zero-order valence-corrected chi connectivity index (χ0v) is 20.6. The molecule has 11 heteroatoms. The Balaban J connectivity index is 1.20. The van der Waals surface area contributed by atoms with Crippen LogP contribution < -0.4 is 10.6 Å². The van der Waals surface area contributed by atoms with E-state index in [2.05, 4.69) is 75.3 Å². The number of fused-ring (bicyclic) bond motifs is 2. The molecule has 0 spiro atoms. The van der Waals surface area contributed by atoms with Gasteiger partial charge in [-0.25, -0.2) is 9.97 Å². The largest absolute Gasteiger partial charge is 0.371 e. The van der Waals surface area contributed by atoms with Crippen LogP contribution in [0.3, 0.4) is 0 Å². The second-order valence-electron chi connectivity index (χ2n) is 9.52. The maximum Gasteiger partial charge on any atom is 0.228 e. The molecule has 1 aliphatic heterocycles. The van der Waals surface area contributed by atoms with E-state index in [4.69, 9.17) is 0 Å². The Morgan fingerprint density at radius 2 is 2.03 bits per heavy atom. The Morgan fingerprint density at radius 1 is 1.14 bits per heavy atom. The number of amides is 1. The molecule has 186 valence electrons. The summed E-state index contributed by atoms with van der Waals surface area (Å²) in [6.45, 7) is 5.47. The molecule has 5 heterocycles. The van der Waals surface area contributed by atoms with E-state index in [0.717, 1.165) is 49.4 Å². The number of rotatable bonds is 5. The number of carbonyl (C=O) groups excluding carboxylic acids is 1. The zero-order chi connectivity index (χ0) is 25.4. The third-order valence-electron chi connectivity index (χ3n) is 6.84. The van der Waals surface area contributed by atoms with Crippen molar-refractivity contribution in [3.63, 3.8) is 0 Å². The van der Waals surface area contributed by atoms with Crippen molar-refractivity contribution in [1.29, 1.82) is 0 Å². The smallest absolute Gasteiger partial charge is 0.228 e. The van der Waals surface area contributed by atoms with Crippen molar-refractivity contribution in [3.05, 3.63) is 59.6 Å². The first kappa shape index (κ1) is 23.0. The Labute approximate surface area is 213 Å². The highest BCUT2D eigenvalue weighted by Crippen LogP contribution is 2.38. The van der Waals surface area contributed by atoms with Crippen LogP contribution in [0.5, 0.6) is 0 Å². The highest BCUT2D eigenvalue weighted by atomic mass is 16.2. The van der Waals surface area contributed by atoms with Crippen LogP contribution in [-0.4, -0.2) is 59.3 Å². The predicted molar refractivity (Wildman–Crippen MR) is 137 cm³/mol. The molecule has 1 amide bonds. The van der Waals surface area contributed by atoms with Crippen molar-refractivity contribution in [2.45, 2.75) is 33.0 Å². The van der Waals surface area contributed by atoms with E-state index >= 15 is 0 Å². The second-order valence-corrected chi connectivity index (χ2v) is 9.52. The average Bonchev–Trinajstić information content (AvgIpc) is 3.47. The van der Waals surface area contributed by atoms with Crippen molar-refractivity contribution in [1.82, 2.24) is 39.8 Å². The fraction of sp³-hybridized carbons (Fsp3) is 0.346. The van der Waals surface area contributed by atoms with Crippen LogP contribution in [0, 0.1) is 23.7 Å². The fourth-order valence-electron chi connectivity index (χ4n) is 4.51. The average molecular weight is 495 g/mol. The molecule has 0 unspecified atom stereocenters. The molecule has 11 nitrogen and oxygen atoms in total. The number of pyridine rings is 2. The molecule has 2 aliphatic rings. The number of nitrogens with zero attached hydrogens (tertiary/aromatic N) is 8. The van der Waals surface area contributed by atoms with Gasteiger partial charge in [0.25, 0.3) is 0 Å². The number of anilines is 2. The summed E-state index contributed by atoms with van der Waals surface area (Å²) >= 11 is 0. The van der Waals surface area contributed by atoms with Gasteiger partial charge in [0.15, 0.2) is 11.6 Å². The quantitative estimate of drug-likeness (QED) is 0.401. The molecule has 2 N–H and O–H groups in total. The van der Waals surface area contributed by atoms with Crippen LogP contribution in [0.15, 0.2) is 36.9 Å². The Hall–Kier alpha value is -4.43. The van der Waals surface area contributed by atoms with E-state index in [1.165, 1.54) is 0 Å². The molecule has 1 fully saturated rings. The first-order valence-corrected chi connectivity index (χ1v) is 12.3. The molecule has 0 radical (unpaired) electrons. The molecule has 37 heavy (non-hydrogen) atoms. The normalized spacial score (nSPS) is 18.5. The van der Waals surface area contributed by atoms with Crippen molar-refractivity contribution >= 4 is 28.4 Å². The van der Waals surface area contributed by atoms with E-state index in [1.54, 1.807) is 25.6 Å². The molecule has 1 aliphatic carbocycles. The van der Waals surface area contributed by atoms with Crippen LogP contribution in [-0.2, 0) is 24.4 Å². The first-order chi connectivity index (χ1) is 18.1. The Morgan fingerprint density at radius 3 is 2.81 bits per heavy atom. The lowest BCUT2D eigenvalue weighted by Crippen LogP contribution is -2.33. The van der Waals surface area contributed by atoms with E-state index in [9.17, 15) is 4.79 Å². The van der Waals surface area contributed by atoms with Crippen molar-refractivity contribution < 1.29 is 4.79 Å². The summed E-state index contributed by atoms with van der Waals surface area (Å²) in [4.78, 5) is 23.7. The summed E-state index contributed by atoms with van der Waals surface area (Å²) < 4.78 is 2.09. The topological polar surface area (TPSA) is 127 Å². The standard InChI is InChI=1S/C26H26N10O/c1-16-9-20(16)26(37)31-22-10-21-18(12-29-25(27-2)24(21)34-32-22)4-6-19-5-3-17(11-28-19)13-35-7-8-36-15-30-33-23(36)14-35/h3,5,10-12,15-16,20H,7-9,13-14H2,1-2H3,(H,27,29)(H,31,32,37)/t16-,20+/m1/s1. The number of aromatic nitrogens is 7. The van der Waals surface area contributed by atoms with E-state index in [1.807, 2.05) is 12.3 Å². The minimum Gasteiger partial charge on any atom is -0.371 e. The van der Waals surface area contributed by atoms with E-state index in [0.29, 0.717) is 34.3 Å². The van der Waals surface area contributed by atoms with Gasteiger partial charge in [0.1, 0.15) is 23.4 Å². The highest BCUT2D eigenvalue weighted by molar-refractivity contribution is 5.97. The third kappa shape index (κ3) is 4.83. The monoisotopic (exact) mass is 494 g/mol. The van der Waals surface area contributed by atoms with Crippen LogP contribution in [0.1, 0.15) is 36.0 Å². The van der Waals surface area contributed by atoms with Gasteiger partial charge in [0, 0.05) is 50.4 Å².